The minimum Gasteiger partial charge on any atom is -0.490 e. The standard InChI is InChI=1S/C20H21NO5/c22-20(21-11-14-7-8-18-19(10-14)26-13-25-18)16-5-1-2-6-17(16)24-12-15-4-3-9-23-15/h1-2,5-8,10,15H,3-4,9,11-13H2,(H,21,22). The van der Waals surface area contributed by atoms with E-state index in [-0.39, 0.29) is 18.8 Å². The van der Waals surface area contributed by atoms with Gasteiger partial charge in [0.15, 0.2) is 11.5 Å². The van der Waals surface area contributed by atoms with Gasteiger partial charge in [-0.05, 0) is 42.7 Å². The van der Waals surface area contributed by atoms with E-state index in [1.807, 2.05) is 36.4 Å². The summed E-state index contributed by atoms with van der Waals surface area (Å²) in [4.78, 5) is 12.6. The Labute approximate surface area is 152 Å². The molecule has 1 unspecified atom stereocenters. The smallest absolute Gasteiger partial charge is 0.255 e. The van der Waals surface area contributed by atoms with Gasteiger partial charge >= 0.3 is 0 Å². The highest BCUT2D eigenvalue weighted by Crippen LogP contribution is 2.32. The van der Waals surface area contributed by atoms with Gasteiger partial charge in [0.05, 0.1) is 11.7 Å². The van der Waals surface area contributed by atoms with E-state index >= 15 is 0 Å². The highest BCUT2D eigenvalue weighted by Gasteiger charge is 2.18. The molecule has 6 nitrogen and oxygen atoms in total. The largest absolute Gasteiger partial charge is 0.490 e. The Morgan fingerprint density at radius 3 is 2.92 bits per heavy atom. The molecule has 2 aromatic rings. The SMILES string of the molecule is O=C(NCc1ccc2c(c1)OCO2)c1ccccc1OCC1CCCO1. The van der Waals surface area contributed by atoms with Crippen molar-refractivity contribution in [2.45, 2.75) is 25.5 Å². The lowest BCUT2D eigenvalue weighted by Crippen LogP contribution is -2.24. The van der Waals surface area contributed by atoms with Crippen molar-refractivity contribution < 1.29 is 23.7 Å². The first-order valence-electron chi connectivity index (χ1n) is 8.80. The van der Waals surface area contributed by atoms with Crippen LogP contribution in [0.1, 0.15) is 28.8 Å². The van der Waals surface area contributed by atoms with Gasteiger partial charge in [0.25, 0.3) is 5.91 Å². The lowest BCUT2D eigenvalue weighted by molar-refractivity contribution is 0.0670. The zero-order valence-electron chi connectivity index (χ0n) is 14.4. The Bertz CT molecular complexity index is 786. The van der Waals surface area contributed by atoms with Crippen molar-refractivity contribution in [3.05, 3.63) is 53.6 Å². The second-order valence-corrected chi connectivity index (χ2v) is 6.31. The molecule has 2 aliphatic heterocycles. The number of fused-ring (bicyclic) bond motifs is 1. The number of rotatable bonds is 6. The van der Waals surface area contributed by atoms with Gasteiger partial charge in [0.1, 0.15) is 12.4 Å². The van der Waals surface area contributed by atoms with Crippen LogP contribution in [0.15, 0.2) is 42.5 Å². The lowest BCUT2D eigenvalue weighted by Gasteiger charge is -2.14. The molecule has 4 rings (SSSR count). The maximum atomic E-state index is 12.6. The van der Waals surface area contributed by atoms with Crippen LogP contribution in [0.3, 0.4) is 0 Å². The molecular formula is C20H21NO5. The number of para-hydroxylation sites is 1. The number of hydrogen-bond donors (Lipinski definition) is 1. The third kappa shape index (κ3) is 3.75. The summed E-state index contributed by atoms with van der Waals surface area (Å²) in [5.74, 6) is 1.83. The van der Waals surface area contributed by atoms with Crippen molar-refractivity contribution in [2.75, 3.05) is 20.0 Å². The molecule has 136 valence electrons. The van der Waals surface area contributed by atoms with Crippen molar-refractivity contribution in [3.8, 4) is 17.2 Å². The number of carbonyl (C=O) groups is 1. The van der Waals surface area contributed by atoms with E-state index in [0.29, 0.717) is 30.2 Å². The Morgan fingerprint density at radius 1 is 1.15 bits per heavy atom. The highest BCUT2D eigenvalue weighted by molar-refractivity contribution is 5.96. The molecule has 6 heteroatoms. The van der Waals surface area contributed by atoms with Crippen molar-refractivity contribution in [3.63, 3.8) is 0 Å². The van der Waals surface area contributed by atoms with E-state index < -0.39 is 0 Å². The molecule has 1 fully saturated rings. The van der Waals surface area contributed by atoms with Gasteiger partial charge in [0.2, 0.25) is 6.79 Å². The molecule has 2 heterocycles. The second-order valence-electron chi connectivity index (χ2n) is 6.31. The molecule has 1 N–H and O–H groups in total. The molecule has 1 amide bonds. The minimum atomic E-state index is -0.175. The van der Waals surface area contributed by atoms with Crippen molar-refractivity contribution >= 4 is 5.91 Å². The van der Waals surface area contributed by atoms with Crippen LogP contribution in [0.2, 0.25) is 0 Å². The van der Waals surface area contributed by atoms with Gasteiger partial charge in [-0.15, -0.1) is 0 Å². The Kier molecular flexibility index (Phi) is 4.93. The zero-order valence-corrected chi connectivity index (χ0v) is 14.4. The third-order valence-electron chi connectivity index (χ3n) is 4.47. The van der Waals surface area contributed by atoms with Crippen LogP contribution in [0.5, 0.6) is 17.2 Å². The fraction of sp³-hybridized carbons (Fsp3) is 0.350. The molecule has 2 aliphatic rings. The van der Waals surface area contributed by atoms with Crippen LogP contribution in [-0.4, -0.2) is 32.0 Å². The summed E-state index contributed by atoms with van der Waals surface area (Å²) < 4.78 is 22.1. The van der Waals surface area contributed by atoms with E-state index in [1.165, 1.54) is 0 Å². The Balaban J connectivity index is 1.38. The Hall–Kier alpha value is -2.73. The number of ether oxygens (including phenoxy) is 4. The maximum absolute atomic E-state index is 12.6. The van der Waals surface area contributed by atoms with Crippen LogP contribution >= 0.6 is 0 Å². The highest BCUT2D eigenvalue weighted by atomic mass is 16.7. The van der Waals surface area contributed by atoms with Gasteiger partial charge < -0.3 is 24.3 Å². The van der Waals surface area contributed by atoms with Crippen LogP contribution in [-0.2, 0) is 11.3 Å². The molecule has 0 bridgehead atoms. The number of hydrogen-bond acceptors (Lipinski definition) is 5. The van der Waals surface area contributed by atoms with Gasteiger partial charge in [-0.3, -0.25) is 4.79 Å². The van der Waals surface area contributed by atoms with E-state index in [1.54, 1.807) is 6.07 Å². The fourth-order valence-electron chi connectivity index (χ4n) is 3.07. The van der Waals surface area contributed by atoms with Crippen LogP contribution in [0, 0.1) is 0 Å². The second kappa shape index (κ2) is 7.66. The van der Waals surface area contributed by atoms with E-state index in [2.05, 4.69) is 5.32 Å². The molecule has 0 spiro atoms. The van der Waals surface area contributed by atoms with Crippen molar-refractivity contribution in [2.24, 2.45) is 0 Å². The number of carbonyl (C=O) groups excluding carboxylic acids is 1. The maximum Gasteiger partial charge on any atom is 0.255 e. The summed E-state index contributed by atoms with van der Waals surface area (Å²) in [7, 11) is 0. The summed E-state index contributed by atoms with van der Waals surface area (Å²) in [6.45, 7) is 1.88. The summed E-state index contributed by atoms with van der Waals surface area (Å²) in [6.07, 6.45) is 2.17. The predicted octanol–water partition coefficient (Wildman–Crippen LogP) is 2.90. The molecule has 26 heavy (non-hydrogen) atoms. The monoisotopic (exact) mass is 355 g/mol. The summed E-state index contributed by atoms with van der Waals surface area (Å²) in [6, 6.07) is 12.9. The molecule has 2 aromatic carbocycles. The quantitative estimate of drug-likeness (QED) is 0.863. The number of amides is 1. The zero-order chi connectivity index (χ0) is 17.8. The molecule has 0 radical (unpaired) electrons. The van der Waals surface area contributed by atoms with Crippen LogP contribution < -0.4 is 19.5 Å². The summed E-state index contributed by atoms with van der Waals surface area (Å²) in [5, 5.41) is 2.93. The van der Waals surface area contributed by atoms with Gasteiger partial charge in [-0.2, -0.15) is 0 Å². The molecule has 1 atom stereocenters. The molecule has 0 aliphatic carbocycles. The van der Waals surface area contributed by atoms with E-state index in [4.69, 9.17) is 18.9 Å². The van der Waals surface area contributed by atoms with Crippen molar-refractivity contribution in [1.82, 2.24) is 5.32 Å². The van der Waals surface area contributed by atoms with E-state index in [0.717, 1.165) is 30.8 Å². The summed E-state index contributed by atoms with van der Waals surface area (Å²) >= 11 is 0. The normalized spacial score (nSPS) is 17.9. The molecule has 1 saturated heterocycles. The summed E-state index contributed by atoms with van der Waals surface area (Å²) in [5.41, 5.74) is 1.46. The number of nitrogens with one attached hydrogen (secondary N) is 1. The third-order valence-corrected chi connectivity index (χ3v) is 4.47. The Morgan fingerprint density at radius 2 is 2.04 bits per heavy atom. The van der Waals surface area contributed by atoms with Gasteiger partial charge in [-0.1, -0.05) is 18.2 Å². The molecular weight excluding hydrogens is 334 g/mol. The average Bonchev–Trinajstić information content (AvgIpc) is 3.35. The van der Waals surface area contributed by atoms with Gasteiger partial charge in [-0.25, -0.2) is 0 Å². The number of benzene rings is 2. The first kappa shape index (κ1) is 16.7. The first-order chi connectivity index (χ1) is 12.8. The first-order valence-corrected chi connectivity index (χ1v) is 8.80. The minimum absolute atomic E-state index is 0.111. The molecule has 0 saturated carbocycles. The predicted molar refractivity (Wildman–Crippen MR) is 94.6 cm³/mol. The van der Waals surface area contributed by atoms with Crippen molar-refractivity contribution in [1.29, 1.82) is 0 Å². The topological polar surface area (TPSA) is 66.0 Å². The average molecular weight is 355 g/mol. The van der Waals surface area contributed by atoms with Crippen LogP contribution in [0.25, 0.3) is 0 Å². The van der Waals surface area contributed by atoms with E-state index in [9.17, 15) is 4.79 Å². The van der Waals surface area contributed by atoms with Gasteiger partial charge in [0, 0.05) is 13.2 Å². The lowest BCUT2D eigenvalue weighted by atomic mass is 10.1. The fourth-order valence-corrected chi connectivity index (χ4v) is 3.07. The molecule has 0 aromatic heterocycles. The van der Waals surface area contributed by atoms with Crippen LogP contribution in [0.4, 0.5) is 0 Å².